The van der Waals surface area contributed by atoms with E-state index in [0.29, 0.717) is 6.42 Å². The maximum Gasteiger partial charge on any atom is 0.311 e. The molecular weight excluding hydrogens is 140 g/mol. The highest BCUT2D eigenvalue weighted by molar-refractivity contribution is 5.73. The second-order valence-electron chi connectivity index (χ2n) is 2.66. The second-order valence-corrected chi connectivity index (χ2v) is 2.66. The third-order valence-electron chi connectivity index (χ3n) is 1.88. The van der Waals surface area contributed by atoms with Crippen molar-refractivity contribution < 1.29 is 9.53 Å². The van der Waals surface area contributed by atoms with Crippen LogP contribution in [0.4, 0.5) is 0 Å². The average Bonchev–Trinajstić information content (AvgIpc) is 2.04. The number of rotatable bonds is 0. The maximum atomic E-state index is 10.8. The van der Waals surface area contributed by atoms with Crippen LogP contribution < -0.4 is 0 Å². The molecule has 2 rings (SSSR count). The van der Waals surface area contributed by atoms with E-state index in [4.69, 9.17) is 4.74 Å². The molecule has 1 aliphatic carbocycles. The number of cyclic esters (lactones) is 1. The van der Waals surface area contributed by atoms with Crippen molar-refractivity contribution in [2.24, 2.45) is 5.92 Å². The van der Waals surface area contributed by atoms with Crippen LogP contribution in [0, 0.1) is 5.92 Å². The summed E-state index contributed by atoms with van der Waals surface area (Å²) in [5.41, 5.74) is 1.09. The Morgan fingerprint density at radius 1 is 1.45 bits per heavy atom. The molecule has 11 heavy (non-hydrogen) atoms. The van der Waals surface area contributed by atoms with Gasteiger partial charge in [-0.3, -0.25) is 4.79 Å². The lowest BCUT2D eigenvalue weighted by Crippen LogP contribution is -2.15. The van der Waals surface area contributed by atoms with E-state index in [0.717, 1.165) is 5.57 Å². The fraction of sp³-hybridized carbons (Fsp3) is 0.222. The summed E-state index contributed by atoms with van der Waals surface area (Å²) in [7, 11) is 0. The van der Waals surface area contributed by atoms with Crippen LogP contribution in [0.5, 0.6) is 0 Å². The van der Waals surface area contributed by atoms with Crippen molar-refractivity contribution in [1.29, 1.82) is 0 Å². The first kappa shape index (κ1) is 6.40. The molecule has 0 fully saturated rings. The fourth-order valence-electron chi connectivity index (χ4n) is 1.27. The molecule has 2 aliphatic rings. The predicted octanol–water partition coefficient (Wildman–Crippen LogP) is 1.56. The smallest absolute Gasteiger partial charge is 0.311 e. The van der Waals surface area contributed by atoms with Gasteiger partial charge in [0.2, 0.25) is 0 Å². The molecule has 2 heteroatoms. The highest BCUT2D eigenvalue weighted by Gasteiger charge is 2.20. The number of hydrogen-bond donors (Lipinski definition) is 0. The largest absolute Gasteiger partial charge is 0.434 e. The normalized spacial score (nSPS) is 27.5. The summed E-state index contributed by atoms with van der Waals surface area (Å²) in [5, 5.41) is 0. The molecule has 1 atom stereocenters. The van der Waals surface area contributed by atoms with Crippen molar-refractivity contribution in [3.05, 3.63) is 36.1 Å². The topological polar surface area (TPSA) is 26.3 Å². The van der Waals surface area contributed by atoms with Crippen LogP contribution in [0.25, 0.3) is 0 Å². The van der Waals surface area contributed by atoms with Crippen molar-refractivity contribution in [2.75, 3.05) is 0 Å². The number of fused-ring (bicyclic) bond motifs is 1. The van der Waals surface area contributed by atoms with Gasteiger partial charge in [-0.05, 0) is 5.57 Å². The lowest BCUT2D eigenvalue weighted by atomic mass is 9.91. The lowest BCUT2D eigenvalue weighted by molar-refractivity contribution is -0.139. The average molecular weight is 148 g/mol. The number of esters is 1. The minimum absolute atomic E-state index is 0.140. The molecule has 1 aliphatic heterocycles. The van der Waals surface area contributed by atoms with Crippen LogP contribution >= 0.6 is 0 Å². The number of carbonyl (C=O) groups excluding carboxylic acids is 1. The summed E-state index contributed by atoms with van der Waals surface area (Å²) in [4.78, 5) is 10.8. The standard InChI is InChI=1S/C9H8O2/c10-9-5-7-3-1-2-4-8(7)6-11-9/h1-4,6-7H,5H2. The molecule has 0 aromatic rings. The highest BCUT2D eigenvalue weighted by Crippen LogP contribution is 2.25. The van der Waals surface area contributed by atoms with E-state index >= 15 is 0 Å². The molecule has 0 N–H and O–H groups in total. The van der Waals surface area contributed by atoms with Crippen molar-refractivity contribution >= 4 is 5.97 Å². The monoisotopic (exact) mass is 148 g/mol. The minimum Gasteiger partial charge on any atom is -0.434 e. The Bertz CT molecular complexity index is 271. The summed E-state index contributed by atoms with van der Waals surface area (Å²) in [6.45, 7) is 0. The van der Waals surface area contributed by atoms with Gasteiger partial charge in [-0.1, -0.05) is 24.3 Å². The van der Waals surface area contributed by atoms with E-state index in [1.807, 2.05) is 24.3 Å². The molecule has 1 heterocycles. The fourth-order valence-corrected chi connectivity index (χ4v) is 1.27. The summed E-state index contributed by atoms with van der Waals surface area (Å²) in [6, 6.07) is 0. The van der Waals surface area contributed by atoms with Crippen molar-refractivity contribution in [1.82, 2.24) is 0 Å². The van der Waals surface area contributed by atoms with Crippen LogP contribution in [0.15, 0.2) is 36.1 Å². The van der Waals surface area contributed by atoms with Gasteiger partial charge in [0, 0.05) is 5.92 Å². The van der Waals surface area contributed by atoms with Crippen molar-refractivity contribution in [3.8, 4) is 0 Å². The summed E-state index contributed by atoms with van der Waals surface area (Å²) in [5.74, 6) is 0.111. The zero-order valence-corrected chi connectivity index (χ0v) is 5.99. The summed E-state index contributed by atoms with van der Waals surface area (Å²) in [6.07, 6.45) is 9.91. The third kappa shape index (κ3) is 1.11. The van der Waals surface area contributed by atoms with Gasteiger partial charge in [0.1, 0.15) is 0 Å². The first-order valence-electron chi connectivity index (χ1n) is 3.61. The predicted molar refractivity (Wildman–Crippen MR) is 40.6 cm³/mol. The number of hydrogen-bond acceptors (Lipinski definition) is 2. The first-order chi connectivity index (χ1) is 5.36. The van der Waals surface area contributed by atoms with Gasteiger partial charge in [0.15, 0.2) is 0 Å². The van der Waals surface area contributed by atoms with Gasteiger partial charge < -0.3 is 4.74 Å². The maximum absolute atomic E-state index is 10.8. The summed E-state index contributed by atoms with van der Waals surface area (Å²) >= 11 is 0. The van der Waals surface area contributed by atoms with Gasteiger partial charge in [-0.15, -0.1) is 0 Å². The van der Waals surface area contributed by atoms with Crippen LogP contribution in [0.1, 0.15) is 6.42 Å². The van der Waals surface area contributed by atoms with Crippen LogP contribution in [-0.4, -0.2) is 5.97 Å². The van der Waals surface area contributed by atoms with E-state index in [-0.39, 0.29) is 11.9 Å². The molecule has 0 saturated carbocycles. The van der Waals surface area contributed by atoms with Gasteiger partial charge in [0.25, 0.3) is 0 Å². The van der Waals surface area contributed by atoms with E-state index in [1.54, 1.807) is 0 Å². The van der Waals surface area contributed by atoms with E-state index in [9.17, 15) is 4.79 Å². The van der Waals surface area contributed by atoms with Crippen molar-refractivity contribution in [3.63, 3.8) is 0 Å². The highest BCUT2D eigenvalue weighted by atomic mass is 16.5. The molecule has 0 aromatic carbocycles. The molecule has 0 saturated heterocycles. The molecule has 0 aromatic heterocycles. The Labute approximate surface area is 64.9 Å². The Balaban J connectivity index is 2.30. The molecule has 0 amide bonds. The van der Waals surface area contributed by atoms with E-state index in [2.05, 4.69) is 0 Å². The molecule has 2 nitrogen and oxygen atoms in total. The van der Waals surface area contributed by atoms with Crippen molar-refractivity contribution in [2.45, 2.75) is 6.42 Å². The Hall–Kier alpha value is -1.31. The molecule has 0 radical (unpaired) electrons. The zero-order chi connectivity index (χ0) is 7.68. The van der Waals surface area contributed by atoms with Crippen LogP contribution in [-0.2, 0) is 9.53 Å². The zero-order valence-electron chi connectivity index (χ0n) is 5.99. The Morgan fingerprint density at radius 2 is 2.36 bits per heavy atom. The molecule has 0 spiro atoms. The van der Waals surface area contributed by atoms with E-state index < -0.39 is 0 Å². The molecule has 0 bridgehead atoms. The van der Waals surface area contributed by atoms with Crippen LogP contribution in [0.2, 0.25) is 0 Å². The quantitative estimate of drug-likeness (QED) is 0.487. The number of allylic oxidation sites excluding steroid dienone is 5. The second kappa shape index (κ2) is 2.38. The van der Waals surface area contributed by atoms with Gasteiger partial charge in [0.05, 0.1) is 12.7 Å². The Kier molecular flexibility index (Phi) is 1.39. The molecule has 56 valence electrons. The number of carbonyl (C=O) groups is 1. The summed E-state index contributed by atoms with van der Waals surface area (Å²) < 4.78 is 4.76. The number of ether oxygens (including phenoxy) is 1. The minimum atomic E-state index is -0.140. The lowest BCUT2D eigenvalue weighted by Gasteiger charge is -2.19. The Morgan fingerprint density at radius 3 is 3.27 bits per heavy atom. The van der Waals surface area contributed by atoms with Gasteiger partial charge in [-0.25, -0.2) is 0 Å². The first-order valence-corrected chi connectivity index (χ1v) is 3.61. The third-order valence-corrected chi connectivity index (χ3v) is 1.88. The van der Waals surface area contributed by atoms with Crippen LogP contribution in [0.3, 0.4) is 0 Å². The van der Waals surface area contributed by atoms with Gasteiger partial charge in [-0.2, -0.15) is 0 Å². The van der Waals surface area contributed by atoms with E-state index in [1.165, 1.54) is 6.26 Å². The molecular formula is C9H8O2. The molecule has 1 unspecified atom stereocenters. The van der Waals surface area contributed by atoms with Gasteiger partial charge >= 0.3 is 5.97 Å². The SMILES string of the molecule is O=C1CC2C=CC=CC2=CO1.